The molecular weight excluding hydrogens is 392 g/mol. The van der Waals surface area contributed by atoms with Gasteiger partial charge in [0.1, 0.15) is 0 Å². The third kappa shape index (κ3) is 4.07. The van der Waals surface area contributed by atoms with Crippen LogP contribution in [0.1, 0.15) is 15.9 Å². The van der Waals surface area contributed by atoms with E-state index in [1.54, 1.807) is 18.2 Å². The summed E-state index contributed by atoms with van der Waals surface area (Å²) in [7, 11) is -3.85. The SMILES string of the molecule is Cc1ccc(C(=O)NNS(=O)(=O)c2ccc(Cl)cc2)cc1Br. The molecule has 0 spiro atoms. The summed E-state index contributed by atoms with van der Waals surface area (Å²) < 4.78 is 24.8. The zero-order valence-electron chi connectivity index (χ0n) is 11.4. The second-order valence-corrected chi connectivity index (χ2v) is 7.45. The molecular formula is C14H12BrClN2O3S. The van der Waals surface area contributed by atoms with Gasteiger partial charge in [0.05, 0.1) is 4.90 Å². The zero-order valence-corrected chi connectivity index (χ0v) is 14.6. The number of carbonyl (C=O) groups is 1. The molecule has 0 radical (unpaired) electrons. The highest BCUT2D eigenvalue weighted by Gasteiger charge is 2.15. The smallest absolute Gasteiger partial charge is 0.266 e. The second kappa shape index (κ2) is 6.78. The molecule has 2 rings (SSSR count). The van der Waals surface area contributed by atoms with Gasteiger partial charge in [-0.1, -0.05) is 33.6 Å². The summed E-state index contributed by atoms with van der Waals surface area (Å²) >= 11 is 9.02. The molecule has 2 N–H and O–H groups in total. The number of hydrogen-bond acceptors (Lipinski definition) is 3. The molecule has 2 aromatic carbocycles. The van der Waals surface area contributed by atoms with Crippen molar-refractivity contribution in [3.8, 4) is 0 Å². The van der Waals surface area contributed by atoms with Gasteiger partial charge in [-0.25, -0.2) is 8.42 Å². The molecule has 2 aromatic rings. The number of carbonyl (C=O) groups excluding carboxylic acids is 1. The lowest BCUT2D eigenvalue weighted by atomic mass is 10.1. The molecule has 0 saturated heterocycles. The van der Waals surface area contributed by atoms with Crippen molar-refractivity contribution in [2.24, 2.45) is 0 Å². The summed E-state index contributed by atoms with van der Waals surface area (Å²) in [5.74, 6) is -0.557. The van der Waals surface area contributed by atoms with Gasteiger partial charge < -0.3 is 0 Å². The van der Waals surface area contributed by atoms with Crippen molar-refractivity contribution in [2.45, 2.75) is 11.8 Å². The van der Waals surface area contributed by atoms with E-state index in [-0.39, 0.29) is 4.90 Å². The van der Waals surface area contributed by atoms with E-state index in [2.05, 4.69) is 21.4 Å². The van der Waals surface area contributed by atoms with Gasteiger partial charge in [0.25, 0.3) is 15.9 Å². The fourth-order valence-corrected chi connectivity index (χ4v) is 2.94. The predicted molar refractivity (Wildman–Crippen MR) is 88.1 cm³/mol. The standard InChI is InChI=1S/C14H12BrClN2O3S/c1-9-2-3-10(8-13(9)15)14(19)17-18-22(20,21)12-6-4-11(16)5-7-12/h2-8,18H,1H3,(H,17,19). The molecule has 116 valence electrons. The number of sulfonamides is 1. The van der Waals surface area contributed by atoms with Crippen LogP contribution in [0.15, 0.2) is 51.8 Å². The Balaban J connectivity index is 2.09. The highest BCUT2D eigenvalue weighted by Crippen LogP contribution is 2.17. The number of hydrazine groups is 1. The van der Waals surface area contributed by atoms with Crippen molar-refractivity contribution in [2.75, 3.05) is 0 Å². The monoisotopic (exact) mass is 402 g/mol. The van der Waals surface area contributed by atoms with E-state index in [4.69, 9.17) is 11.6 Å². The minimum atomic E-state index is -3.85. The number of benzene rings is 2. The van der Waals surface area contributed by atoms with Gasteiger partial charge in [-0.3, -0.25) is 10.2 Å². The van der Waals surface area contributed by atoms with Crippen LogP contribution in [-0.4, -0.2) is 14.3 Å². The maximum Gasteiger partial charge on any atom is 0.266 e. The molecule has 0 heterocycles. The Kier molecular flexibility index (Phi) is 5.23. The van der Waals surface area contributed by atoms with E-state index in [0.717, 1.165) is 10.0 Å². The van der Waals surface area contributed by atoms with Crippen molar-refractivity contribution in [3.05, 3.63) is 63.1 Å². The third-order valence-electron chi connectivity index (χ3n) is 2.86. The number of hydrogen-bond donors (Lipinski definition) is 2. The number of nitrogens with one attached hydrogen (secondary N) is 2. The van der Waals surface area contributed by atoms with Crippen LogP contribution < -0.4 is 10.3 Å². The number of amides is 1. The van der Waals surface area contributed by atoms with E-state index in [0.29, 0.717) is 10.6 Å². The average Bonchev–Trinajstić information content (AvgIpc) is 2.48. The number of rotatable bonds is 4. The lowest BCUT2D eigenvalue weighted by molar-refractivity contribution is 0.0945. The second-order valence-electron chi connectivity index (χ2n) is 4.48. The van der Waals surface area contributed by atoms with Gasteiger partial charge >= 0.3 is 0 Å². The van der Waals surface area contributed by atoms with Crippen LogP contribution in [0.3, 0.4) is 0 Å². The summed E-state index contributed by atoms with van der Waals surface area (Å²) in [4.78, 5) is 14.0. The molecule has 0 aliphatic carbocycles. The highest BCUT2D eigenvalue weighted by atomic mass is 79.9. The van der Waals surface area contributed by atoms with E-state index in [1.807, 2.05) is 11.8 Å². The minimum Gasteiger partial charge on any atom is -0.273 e. The van der Waals surface area contributed by atoms with Crippen molar-refractivity contribution in [1.29, 1.82) is 0 Å². The quantitative estimate of drug-likeness (QED) is 0.771. The molecule has 8 heteroatoms. The van der Waals surface area contributed by atoms with Gasteiger partial charge in [-0.2, -0.15) is 0 Å². The maximum absolute atomic E-state index is 12.0. The first-order valence-electron chi connectivity index (χ1n) is 6.13. The van der Waals surface area contributed by atoms with E-state index in [1.165, 1.54) is 24.3 Å². The summed E-state index contributed by atoms with van der Waals surface area (Å²) in [6, 6.07) is 10.6. The first-order chi connectivity index (χ1) is 10.3. The Morgan fingerprint density at radius 2 is 1.77 bits per heavy atom. The Hall–Kier alpha value is -1.41. The maximum atomic E-state index is 12.0. The fourth-order valence-electron chi connectivity index (χ4n) is 1.59. The third-order valence-corrected chi connectivity index (χ3v) is 5.23. The number of halogens is 2. The van der Waals surface area contributed by atoms with Gasteiger partial charge in [0, 0.05) is 15.1 Å². The minimum absolute atomic E-state index is 0.00212. The topological polar surface area (TPSA) is 75.3 Å². The Labute approximate surface area is 141 Å². The first kappa shape index (κ1) is 17.0. The predicted octanol–water partition coefficient (Wildman–Crippen LogP) is 3.03. The molecule has 5 nitrogen and oxygen atoms in total. The van der Waals surface area contributed by atoms with Gasteiger partial charge in [0.15, 0.2) is 0 Å². The molecule has 0 saturated carbocycles. The van der Waals surface area contributed by atoms with Gasteiger partial charge in [0.2, 0.25) is 0 Å². The van der Waals surface area contributed by atoms with Crippen LogP contribution in [0.2, 0.25) is 5.02 Å². The van der Waals surface area contributed by atoms with Crippen LogP contribution in [-0.2, 0) is 10.0 Å². The van der Waals surface area contributed by atoms with Crippen LogP contribution in [0.25, 0.3) is 0 Å². The molecule has 0 bridgehead atoms. The average molecular weight is 404 g/mol. The van der Waals surface area contributed by atoms with Gasteiger partial charge in [-0.15, -0.1) is 4.83 Å². The Morgan fingerprint density at radius 1 is 1.14 bits per heavy atom. The largest absolute Gasteiger partial charge is 0.273 e. The molecule has 22 heavy (non-hydrogen) atoms. The van der Waals surface area contributed by atoms with Crippen molar-refractivity contribution < 1.29 is 13.2 Å². The summed E-state index contributed by atoms with van der Waals surface area (Å²) in [5.41, 5.74) is 3.47. The van der Waals surface area contributed by atoms with Crippen LogP contribution >= 0.6 is 27.5 Å². The summed E-state index contributed by atoms with van der Waals surface area (Å²) in [6.07, 6.45) is 0. The summed E-state index contributed by atoms with van der Waals surface area (Å²) in [5, 5.41) is 0.424. The van der Waals surface area contributed by atoms with Crippen molar-refractivity contribution in [1.82, 2.24) is 10.3 Å². The first-order valence-corrected chi connectivity index (χ1v) is 8.79. The van der Waals surface area contributed by atoms with Crippen LogP contribution in [0.5, 0.6) is 0 Å². The van der Waals surface area contributed by atoms with Crippen LogP contribution in [0, 0.1) is 6.92 Å². The van der Waals surface area contributed by atoms with E-state index >= 15 is 0 Å². The molecule has 0 aliphatic heterocycles. The van der Waals surface area contributed by atoms with E-state index < -0.39 is 15.9 Å². The fraction of sp³-hybridized carbons (Fsp3) is 0.0714. The lowest BCUT2D eigenvalue weighted by Crippen LogP contribution is -2.41. The van der Waals surface area contributed by atoms with E-state index in [9.17, 15) is 13.2 Å². The highest BCUT2D eigenvalue weighted by molar-refractivity contribution is 9.10. The van der Waals surface area contributed by atoms with Crippen molar-refractivity contribution in [3.63, 3.8) is 0 Å². The molecule has 0 atom stereocenters. The molecule has 0 unspecified atom stereocenters. The number of aryl methyl sites for hydroxylation is 1. The molecule has 0 aliphatic rings. The van der Waals surface area contributed by atoms with Gasteiger partial charge in [-0.05, 0) is 48.9 Å². The van der Waals surface area contributed by atoms with Crippen LogP contribution in [0.4, 0.5) is 0 Å². The normalized spacial score (nSPS) is 11.2. The lowest BCUT2D eigenvalue weighted by Gasteiger charge is -2.09. The molecule has 0 fully saturated rings. The molecule has 0 aromatic heterocycles. The summed E-state index contributed by atoms with van der Waals surface area (Å²) in [6.45, 7) is 1.88. The molecule has 1 amide bonds. The zero-order chi connectivity index (χ0) is 16.3. The van der Waals surface area contributed by atoms with Crippen molar-refractivity contribution >= 4 is 43.5 Å². The Morgan fingerprint density at radius 3 is 2.36 bits per heavy atom. The Bertz CT molecular complexity index is 807.